The summed E-state index contributed by atoms with van der Waals surface area (Å²) in [6.45, 7) is 0.624. The molecule has 1 aliphatic heterocycles. The number of anilines is 1. The van der Waals surface area contributed by atoms with E-state index >= 15 is 0 Å². The largest absolute Gasteiger partial charge is 0.418 e. The number of aromatic nitrogens is 1. The van der Waals surface area contributed by atoms with Crippen molar-refractivity contribution in [3.05, 3.63) is 59.4 Å². The Morgan fingerprint density at radius 1 is 1.14 bits per heavy atom. The summed E-state index contributed by atoms with van der Waals surface area (Å²) in [5.41, 5.74) is 0.561. The second-order valence-corrected chi connectivity index (χ2v) is 4.94. The number of halogens is 3. The van der Waals surface area contributed by atoms with E-state index in [-0.39, 0.29) is 12.2 Å². The molecule has 1 aromatic carbocycles. The first-order valence-corrected chi connectivity index (χ1v) is 6.60. The van der Waals surface area contributed by atoms with Crippen LogP contribution in [0.5, 0.6) is 0 Å². The van der Waals surface area contributed by atoms with Gasteiger partial charge in [0, 0.05) is 12.7 Å². The number of carbonyl (C=O) groups excluding carboxylic acids is 1. The smallest absolute Gasteiger partial charge is 0.314 e. The summed E-state index contributed by atoms with van der Waals surface area (Å²) < 4.78 is 38.7. The summed E-state index contributed by atoms with van der Waals surface area (Å²) in [5.74, 6) is 0. The van der Waals surface area contributed by atoms with E-state index in [1.54, 1.807) is 12.3 Å². The molecule has 0 fully saturated rings. The third-order valence-corrected chi connectivity index (χ3v) is 3.45. The standard InChI is InChI=1S/C15H12F3N3O/c16-15(17,18)11-5-1-2-6-12(11)20-14(22)21-8-10-4-3-7-19-13(10)9-21/h1-7H,8-9H2,(H,20,22). The van der Waals surface area contributed by atoms with Crippen molar-refractivity contribution in [1.29, 1.82) is 0 Å². The van der Waals surface area contributed by atoms with Gasteiger partial charge in [-0.2, -0.15) is 13.2 Å². The molecule has 0 atom stereocenters. The molecule has 0 saturated carbocycles. The van der Waals surface area contributed by atoms with Crippen LogP contribution >= 0.6 is 0 Å². The second kappa shape index (κ2) is 5.32. The monoisotopic (exact) mass is 307 g/mol. The van der Waals surface area contributed by atoms with Crippen LogP contribution in [0.1, 0.15) is 16.8 Å². The van der Waals surface area contributed by atoms with Gasteiger partial charge in [-0.1, -0.05) is 18.2 Å². The van der Waals surface area contributed by atoms with Crippen LogP contribution in [0.2, 0.25) is 0 Å². The Kier molecular flexibility index (Phi) is 3.48. The van der Waals surface area contributed by atoms with E-state index in [0.717, 1.165) is 17.3 Å². The Hall–Kier alpha value is -2.57. The Morgan fingerprint density at radius 3 is 2.64 bits per heavy atom. The van der Waals surface area contributed by atoms with Crippen molar-refractivity contribution in [3.63, 3.8) is 0 Å². The number of amides is 2. The van der Waals surface area contributed by atoms with Gasteiger partial charge in [-0.05, 0) is 23.8 Å². The van der Waals surface area contributed by atoms with Crippen LogP contribution < -0.4 is 5.32 Å². The van der Waals surface area contributed by atoms with Crippen molar-refractivity contribution in [2.24, 2.45) is 0 Å². The van der Waals surface area contributed by atoms with Crippen molar-refractivity contribution in [1.82, 2.24) is 9.88 Å². The van der Waals surface area contributed by atoms with Gasteiger partial charge in [-0.3, -0.25) is 4.98 Å². The number of hydrogen-bond acceptors (Lipinski definition) is 2. The molecule has 0 radical (unpaired) electrons. The van der Waals surface area contributed by atoms with Crippen molar-refractivity contribution in [2.75, 3.05) is 5.32 Å². The van der Waals surface area contributed by atoms with Crippen molar-refractivity contribution in [2.45, 2.75) is 19.3 Å². The van der Waals surface area contributed by atoms with E-state index in [4.69, 9.17) is 0 Å². The number of nitrogens with zero attached hydrogens (tertiary/aromatic N) is 2. The molecule has 3 rings (SSSR count). The van der Waals surface area contributed by atoms with E-state index in [9.17, 15) is 18.0 Å². The van der Waals surface area contributed by atoms with Crippen molar-refractivity contribution in [3.8, 4) is 0 Å². The maximum absolute atomic E-state index is 12.9. The fourth-order valence-electron chi connectivity index (χ4n) is 2.38. The highest BCUT2D eigenvalue weighted by Crippen LogP contribution is 2.34. The van der Waals surface area contributed by atoms with E-state index < -0.39 is 17.8 Å². The lowest BCUT2D eigenvalue weighted by Crippen LogP contribution is -2.31. The van der Waals surface area contributed by atoms with Crippen LogP contribution in [0.4, 0.5) is 23.7 Å². The van der Waals surface area contributed by atoms with E-state index in [0.29, 0.717) is 6.54 Å². The average Bonchev–Trinajstić information content (AvgIpc) is 2.90. The van der Waals surface area contributed by atoms with Gasteiger partial charge in [-0.15, -0.1) is 0 Å². The highest BCUT2D eigenvalue weighted by Gasteiger charge is 2.34. The number of fused-ring (bicyclic) bond motifs is 1. The zero-order valence-corrected chi connectivity index (χ0v) is 11.4. The molecule has 0 unspecified atom stereocenters. The molecule has 0 bridgehead atoms. The number of nitrogens with one attached hydrogen (secondary N) is 1. The summed E-state index contributed by atoms with van der Waals surface area (Å²) in [4.78, 5) is 17.8. The molecule has 4 nitrogen and oxygen atoms in total. The predicted octanol–water partition coefficient (Wildman–Crippen LogP) is 3.65. The average molecular weight is 307 g/mol. The van der Waals surface area contributed by atoms with E-state index in [1.165, 1.54) is 23.1 Å². The molecule has 0 spiro atoms. The van der Waals surface area contributed by atoms with Crippen LogP contribution in [0.15, 0.2) is 42.6 Å². The van der Waals surface area contributed by atoms with Gasteiger partial charge < -0.3 is 10.2 Å². The van der Waals surface area contributed by atoms with Gasteiger partial charge in [0.2, 0.25) is 0 Å². The zero-order valence-electron chi connectivity index (χ0n) is 11.4. The molecule has 7 heteroatoms. The van der Waals surface area contributed by atoms with Crippen LogP contribution in [-0.2, 0) is 19.3 Å². The van der Waals surface area contributed by atoms with Gasteiger partial charge in [0.15, 0.2) is 0 Å². The van der Waals surface area contributed by atoms with Crippen LogP contribution in [0, 0.1) is 0 Å². The lowest BCUT2D eigenvalue weighted by Gasteiger charge is -2.18. The topological polar surface area (TPSA) is 45.2 Å². The number of rotatable bonds is 1. The summed E-state index contributed by atoms with van der Waals surface area (Å²) in [6.07, 6.45) is -2.89. The minimum Gasteiger partial charge on any atom is -0.314 e. The quantitative estimate of drug-likeness (QED) is 0.874. The highest BCUT2D eigenvalue weighted by molar-refractivity contribution is 5.90. The molecule has 2 aromatic rings. The number of alkyl halides is 3. The minimum atomic E-state index is -4.51. The number of carbonyl (C=O) groups is 1. The Balaban J connectivity index is 1.77. The molecule has 1 aromatic heterocycles. The van der Waals surface area contributed by atoms with Gasteiger partial charge in [0.05, 0.1) is 23.5 Å². The molecule has 0 saturated heterocycles. The second-order valence-electron chi connectivity index (χ2n) is 4.94. The molecule has 114 valence electrons. The number of pyridine rings is 1. The Bertz CT molecular complexity index is 690. The molecule has 2 heterocycles. The lowest BCUT2D eigenvalue weighted by molar-refractivity contribution is -0.136. The molecule has 1 aliphatic rings. The van der Waals surface area contributed by atoms with Gasteiger partial charge in [-0.25, -0.2) is 4.79 Å². The van der Waals surface area contributed by atoms with Crippen LogP contribution in [0.25, 0.3) is 0 Å². The fourth-order valence-corrected chi connectivity index (χ4v) is 2.38. The highest BCUT2D eigenvalue weighted by atomic mass is 19.4. The van der Waals surface area contributed by atoms with Crippen molar-refractivity contribution >= 4 is 11.7 Å². The first-order valence-electron chi connectivity index (χ1n) is 6.60. The Morgan fingerprint density at radius 2 is 1.91 bits per heavy atom. The summed E-state index contributed by atoms with van der Waals surface area (Å²) in [7, 11) is 0. The maximum atomic E-state index is 12.9. The van der Waals surface area contributed by atoms with Gasteiger partial charge >= 0.3 is 12.2 Å². The zero-order chi connectivity index (χ0) is 15.7. The van der Waals surface area contributed by atoms with Crippen LogP contribution in [0.3, 0.4) is 0 Å². The lowest BCUT2D eigenvalue weighted by atomic mass is 10.1. The first-order chi connectivity index (χ1) is 10.4. The van der Waals surface area contributed by atoms with Gasteiger partial charge in [0.1, 0.15) is 0 Å². The number of benzene rings is 1. The normalized spacial score (nSPS) is 13.9. The predicted molar refractivity (Wildman–Crippen MR) is 73.9 cm³/mol. The third-order valence-electron chi connectivity index (χ3n) is 3.45. The molecule has 2 amide bonds. The first kappa shape index (κ1) is 14.4. The van der Waals surface area contributed by atoms with E-state index in [1.807, 2.05) is 6.07 Å². The molecule has 1 N–H and O–H groups in total. The summed E-state index contributed by atoms with van der Waals surface area (Å²) in [6, 6.07) is 7.95. The SMILES string of the molecule is O=C(Nc1ccccc1C(F)(F)F)N1Cc2cccnc2C1. The molecule has 22 heavy (non-hydrogen) atoms. The van der Waals surface area contributed by atoms with Crippen LogP contribution in [-0.4, -0.2) is 15.9 Å². The number of hydrogen-bond donors (Lipinski definition) is 1. The van der Waals surface area contributed by atoms with Crippen molar-refractivity contribution < 1.29 is 18.0 Å². The number of para-hydroxylation sites is 1. The molecule has 0 aliphatic carbocycles. The fraction of sp³-hybridized carbons (Fsp3) is 0.200. The molecular formula is C15H12F3N3O. The maximum Gasteiger partial charge on any atom is 0.418 e. The minimum absolute atomic E-state index is 0.246. The summed E-state index contributed by atoms with van der Waals surface area (Å²) in [5, 5.41) is 2.33. The number of urea groups is 1. The molecular weight excluding hydrogens is 295 g/mol. The Labute approximate surface area is 124 Å². The third kappa shape index (κ3) is 2.74. The summed E-state index contributed by atoms with van der Waals surface area (Å²) >= 11 is 0. The van der Waals surface area contributed by atoms with Gasteiger partial charge in [0.25, 0.3) is 0 Å². The van der Waals surface area contributed by atoms with E-state index in [2.05, 4.69) is 10.3 Å².